The van der Waals surface area contributed by atoms with E-state index in [9.17, 15) is 8.78 Å². The zero-order chi connectivity index (χ0) is 8.43. The molecular formula is C6H9F2N3. The molecular weight excluding hydrogens is 152 g/mol. The quantitative estimate of drug-likeness (QED) is 0.704. The van der Waals surface area contributed by atoms with Gasteiger partial charge >= 0.3 is 0 Å². The maximum atomic E-state index is 11.8. The molecule has 11 heavy (non-hydrogen) atoms. The molecule has 2 N–H and O–H groups in total. The third kappa shape index (κ3) is 1.89. The minimum absolute atomic E-state index is 0.391. The van der Waals surface area contributed by atoms with Gasteiger partial charge in [-0.2, -0.15) is 5.10 Å². The summed E-state index contributed by atoms with van der Waals surface area (Å²) in [6.45, 7) is 1.29. The number of halogens is 2. The lowest BCUT2D eigenvalue weighted by molar-refractivity contribution is 0.121. The molecule has 0 aliphatic heterocycles. The van der Waals surface area contributed by atoms with Crippen molar-refractivity contribution in [1.82, 2.24) is 9.78 Å². The lowest BCUT2D eigenvalue weighted by Gasteiger charge is -1.97. The Hall–Kier alpha value is -1.13. The maximum absolute atomic E-state index is 11.8. The average Bonchev–Trinajstić information content (AvgIpc) is 2.10. The highest BCUT2D eigenvalue weighted by molar-refractivity contribution is 5.39. The Morgan fingerprint density at radius 2 is 2.36 bits per heavy atom. The Balaban J connectivity index is 2.73. The van der Waals surface area contributed by atoms with Crippen LogP contribution in [0.15, 0.2) is 6.20 Å². The number of nitrogens with zero attached hydrogens (tertiary/aromatic N) is 2. The molecule has 3 nitrogen and oxygen atoms in total. The van der Waals surface area contributed by atoms with Crippen molar-refractivity contribution in [1.29, 1.82) is 0 Å². The Morgan fingerprint density at radius 3 is 2.73 bits per heavy atom. The molecule has 0 saturated heterocycles. The van der Waals surface area contributed by atoms with E-state index in [1.54, 1.807) is 6.92 Å². The molecule has 1 heterocycles. The zero-order valence-corrected chi connectivity index (χ0v) is 6.09. The van der Waals surface area contributed by atoms with Crippen LogP contribution in [-0.2, 0) is 6.54 Å². The van der Waals surface area contributed by atoms with Gasteiger partial charge in [-0.05, 0) is 6.92 Å². The first-order chi connectivity index (χ1) is 5.09. The maximum Gasteiger partial charge on any atom is 0.257 e. The molecule has 0 amide bonds. The largest absolute Gasteiger partial charge is 0.396 e. The summed E-state index contributed by atoms with van der Waals surface area (Å²) < 4.78 is 24.7. The molecule has 0 aliphatic carbocycles. The summed E-state index contributed by atoms with van der Waals surface area (Å²) >= 11 is 0. The fraction of sp³-hybridized carbons (Fsp3) is 0.500. The minimum atomic E-state index is -2.38. The second-order valence-corrected chi connectivity index (χ2v) is 2.28. The van der Waals surface area contributed by atoms with Crippen molar-refractivity contribution < 1.29 is 8.78 Å². The smallest absolute Gasteiger partial charge is 0.257 e. The average molecular weight is 161 g/mol. The van der Waals surface area contributed by atoms with E-state index < -0.39 is 13.0 Å². The monoisotopic (exact) mass is 161 g/mol. The van der Waals surface area contributed by atoms with Gasteiger partial charge in [0.05, 0.1) is 11.4 Å². The number of aryl methyl sites for hydroxylation is 1. The van der Waals surface area contributed by atoms with Gasteiger partial charge in [0, 0.05) is 6.20 Å². The Labute approximate surface area is 62.8 Å². The SMILES string of the molecule is Cc1nn(CC(F)F)cc1N. The van der Waals surface area contributed by atoms with E-state index >= 15 is 0 Å². The Morgan fingerprint density at radius 1 is 1.73 bits per heavy atom. The van der Waals surface area contributed by atoms with Crippen molar-refractivity contribution in [3.05, 3.63) is 11.9 Å². The number of aromatic nitrogens is 2. The number of hydrogen-bond donors (Lipinski definition) is 1. The normalized spacial score (nSPS) is 10.9. The summed E-state index contributed by atoms with van der Waals surface area (Å²) in [5.74, 6) is 0. The zero-order valence-electron chi connectivity index (χ0n) is 6.09. The first kappa shape index (κ1) is 7.97. The van der Waals surface area contributed by atoms with Gasteiger partial charge in [-0.15, -0.1) is 0 Å². The highest BCUT2D eigenvalue weighted by Crippen LogP contribution is 2.07. The molecule has 0 bridgehead atoms. The van der Waals surface area contributed by atoms with Gasteiger partial charge in [-0.25, -0.2) is 8.78 Å². The second-order valence-electron chi connectivity index (χ2n) is 2.28. The van der Waals surface area contributed by atoms with Crippen LogP contribution in [0.4, 0.5) is 14.5 Å². The van der Waals surface area contributed by atoms with Crippen LogP contribution >= 0.6 is 0 Å². The van der Waals surface area contributed by atoms with Crippen LogP contribution in [-0.4, -0.2) is 16.2 Å². The number of rotatable bonds is 2. The summed E-state index contributed by atoms with van der Waals surface area (Å²) in [5.41, 5.74) is 6.43. The number of nitrogen functional groups attached to an aromatic ring is 1. The van der Waals surface area contributed by atoms with Crippen molar-refractivity contribution in [2.75, 3.05) is 5.73 Å². The number of hydrogen-bond acceptors (Lipinski definition) is 2. The van der Waals surface area contributed by atoms with E-state index in [4.69, 9.17) is 5.73 Å². The van der Waals surface area contributed by atoms with Crippen LogP contribution in [0.3, 0.4) is 0 Å². The Bertz CT molecular complexity index is 224. The first-order valence-corrected chi connectivity index (χ1v) is 3.17. The molecule has 0 fully saturated rings. The fourth-order valence-corrected chi connectivity index (χ4v) is 0.768. The van der Waals surface area contributed by atoms with Crippen molar-refractivity contribution in [3.63, 3.8) is 0 Å². The topological polar surface area (TPSA) is 43.8 Å². The second kappa shape index (κ2) is 2.86. The fourth-order valence-electron chi connectivity index (χ4n) is 0.768. The third-order valence-corrected chi connectivity index (χ3v) is 1.31. The number of alkyl halides is 2. The lowest BCUT2D eigenvalue weighted by Crippen LogP contribution is -2.06. The molecule has 0 saturated carbocycles. The molecule has 1 rings (SSSR count). The minimum Gasteiger partial charge on any atom is -0.396 e. The van der Waals surface area contributed by atoms with Crippen LogP contribution in [0, 0.1) is 6.92 Å². The third-order valence-electron chi connectivity index (χ3n) is 1.31. The molecule has 0 spiro atoms. The Kier molecular flexibility index (Phi) is 2.07. The van der Waals surface area contributed by atoms with Gasteiger partial charge < -0.3 is 5.73 Å². The molecule has 1 aromatic rings. The van der Waals surface area contributed by atoms with Gasteiger partial charge in [-0.3, -0.25) is 4.68 Å². The highest BCUT2D eigenvalue weighted by atomic mass is 19.3. The molecule has 0 radical (unpaired) electrons. The molecule has 0 unspecified atom stereocenters. The lowest BCUT2D eigenvalue weighted by atomic mass is 10.4. The van der Waals surface area contributed by atoms with Crippen molar-refractivity contribution >= 4 is 5.69 Å². The van der Waals surface area contributed by atoms with Crippen LogP contribution in [0.25, 0.3) is 0 Å². The molecule has 0 aliphatic rings. The van der Waals surface area contributed by atoms with Gasteiger partial charge in [0.2, 0.25) is 0 Å². The predicted octanol–water partition coefficient (Wildman–Crippen LogP) is 1.04. The highest BCUT2D eigenvalue weighted by Gasteiger charge is 2.06. The molecule has 62 valence electrons. The van der Waals surface area contributed by atoms with Gasteiger partial charge in [0.1, 0.15) is 6.54 Å². The van der Waals surface area contributed by atoms with E-state index in [-0.39, 0.29) is 0 Å². The molecule has 0 atom stereocenters. The summed E-state index contributed by atoms with van der Waals surface area (Å²) in [4.78, 5) is 0. The summed E-state index contributed by atoms with van der Waals surface area (Å²) in [5, 5.41) is 3.76. The van der Waals surface area contributed by atoms with Gasteiger partial charge in [-0.1, -0.05) is 0 Å². The van der Waals surface area contributed by atoms with Gasteiger partial charge in [0.15, 0.2) is 0 Å². The molecule has 5 heteroatoms. The predicted molar refractivity (Wildman–Crippen MR) is 37.4 cm³/mol. The number of anilines is 1. The van der Waals surface area contributed by atoms with Crippen molar-refractivity contribution in [2.45, 2.75) is 19.9 Å². The van der Waals surface area contributed by atoms with E-state index in [2.05, 4.69) is 5.10 Å². The first-order valence-electron chi connectivity index (χ1n) is 3.17. The van der Waals surface area contributed by atoms with Gasteiger partial charge in [0.25, 0.3) is 6.43 Å². The summed E-state index contributed by atoms with van der Waals surface area (Å²) in [6, 6.07) is 0. The number of nitrogens with two attached hydrogens (primary N) is 1. The molecule has 1 aromatic heterocycles. The van der Waals surface area contributed by atoms with Crippen molar-refractivity contribution in [3.8, 4) is 0 Å². The van der Waals surface area contributed by atoms with E-state index in [1.807, 2.05) is 0 Å². The van der Waals surface area contributed by atoms with Crippen molar-refractivity contribution in [2.24, 2.45) is 0 Å². The molecule has 0 aromatic carbocycles. The van der Waals surface area contributed by atoms with E-state index in [1.165, 1.54) is 6.20 Å². The van der Waals surface area contributed by atoms with Crippen LogP contribution < -0.4 is 5.73 Å². The van der Waals surface area contributed by atoms with Crippen LogP contribution in [0.2, 0.25) is 0 Å². The summed E-state index contributed by atoms with van der Waals surface area (Å²) in [7, 11) is 0. The van der Waals surface area contributed by atoms with E-state index in [0.717, 1.165) is 4.68 Å². The van der Waals surface area contributed by atoms with E-state index in [0.29, 0.717) is 11.4 Å². The van der Waals surface area contributed by atoms with Crippen LogP contribution in [0.1, 0.15) is 5.69 Å². The summed E-state index contributed by atoms with van der Waals surface area (Å²) in [6.07, 6.45) is -0.977. The van der Waals surface area contributed by atoms with Crippen LogP contribution in [0.5, 0.6) is 0 Å². The standard InChI is InChI=1S/C6H9F2N3/c1-4-5(9)2-11(10-4)3-6(7)8/h2,6H,3,9H2,1H3.